The summed E-state index contributed by atoms with van der Waals surface area (Å²) in [6, 6.07) is 10.5. The summed E-state index contributed by atoms with van der Waals surface area (Å²) in [5.41, 5.74) is 2.63. The quantitative estimate of drug-likeness (QED) is 0.494. The molecule has 0 saturated carbocycles. The van der Waals surface area contributed by atoms with Gasteiger partial charge in [0.2, 0.25) is 5.91 Å². The van der Waals surface area contributed by atoms with Crippen LogP contribution in [0, 0.1) is 13.8 Å². The Morgan fingerprint density at radius 1 is 1.06 bits per heavy atom. The number of ether oxygens (including phenoxy) is 2. The number of rotatable bonds is 11. The molecule has 0 aliphatic rings. The maximum Gasteiger partial charge on any atom is 0.261 e. The molecule has 2 rings (SSSR count). The standard InChI is InChI=1S/C26H35ClN2O4/c1-7-19(5)28-26(31)23(8-2)29(15-20-10-9-11-21(14-20)32-6)24(30)16-33-22-12-17(3)25(27)18(4)13-22/h9-14,19,23H,7-8,15-16H2,1-6H3,(H,28,31)/t19-,23-/m0/s1. The monoisotopic (exact) mass is 474 g/mol. The van der Waals surface area contributed by atoms with Crippen molar-refractivity contribution in [2.45, 2.75) is 66.1 Å². The van der Waals surface area contributed by atoms with Crippen molar-refractivity contribution in [1.29, 1.82) is 0 Å². The normalized spacial score (nSPS) is 12.6. The number of nitrogens with one attached hydrogen (secondary N) is 1. The minimum Gasteiger partial charge on any atom is -0.497 e. The van der Waals surface area contributed by atoms with Crippen LogP contribution in [-0.4, -0.2) is 42.5 Å². The molecule has 6 nitrogen and oxygen atoms in total. The molecule has 2 atom stereocenters. The Morgan fingerprint density at radius 2 is 1.73 bits per heavy atom. The molecular weight excluding hydrogens is 440 g/mol. The lowest BCUT2D eigenvalue weighted by Gasteiger charge is -2.31. The lowest BCUT2D eigenvalue weighted by atomic mass is 10.1. The summed E-state index contributed by atoms with van der Waals surface area (Å²) in [7, 11) is 1.60. The van der Waals surface area contributed by atoms with E-state index in [-0.39, 0.29) is 31.0 Å². The number of amides is 2. The van der Waals surface area contributed by atoms with Crippen molar-refractivity contribution < 1.29 is 19.1 Å². The SMILES string of the molecule is CC[C@H](C)NC(=O)[C@H](CC)N(Cc1cccc(OC)c1)C(=O)COc1cc(C)c(Cl)c(C)c1. The van der Waals surface area contributed by atoms with E-state index in [9.17, 15) is 9.59 Å². The first kappa shape index (κ1) is 26.5. The maximum absolute atomic E-state index is 13.3. The Labute approximate surface area is 202 Å². The number of methoxy groups -OCH3 is 1. The van der Waals surface area contributed by atoms with Crippen molar-refractivity contribution in [3.63, 3.8) is 0 Å². The van der Waals surface area contributed by atoms with Gasteiger partial charge >= 0.3 is 0 Å². The zero-order chi connectivity index (χ0) is 24.5. The molecule has 0 aromatic heterocycles. The second-order valence-electron chi connectivity index (χ2n) is 8.27. The third-order valence-electron chi connectivity index (χ3n) is 5.65. The van der Waals surface area contributed by atoms with Gasteiger partial charge in [-0.2, -0.15) is 0 Å². The summed E-state index contributed by atoms with van der Waals surface area (Å²) in [6.45, 7) is 9.74. The van der Waals surface area contributed by atoms with Crippen molar-refractivity contribution in [2.24, 2.45) is 0 Å². The third kappa shape index (κ3) is 7.39. The lowest BCUT2D eigenvalue weighted by Crippen LogP contribution is -2.51. The molecule has 0 saturated heterocycles. The van der Waals surface area contributed by atoms with Gasteiger partial charge in [0.1, 0.15) is 17.5 Å². The first-order valence-corrected chi connectivity index (χ1v) is 11.7. The third-order valence-corrected chi connectivity index (χ3v) is 6.24. The molecule has 0 aliphatic carbocycles. The van der Waals surface area contributed by atoms with Crippen LogP contribution in [0.3, 0.4) is 0 Å². The number of carbonyl (C=O) groups is 2. The van der Waals surface area contributed by atoms with Crippen LogP contribution in [0.15, 0.2) is 36.4 Å². The molecule has 0 radical (unpaired) electrons. The Hall–Kier alpha value is -2.73. The van der Waals surface area contributed by atoms with Crippen LogP contribution >= 0.6 is 11.6 Å². The van der Waals surface area contributed by atoms with Gasteiger partial charge in [0, 0.05) is 17.6 Å². The molecule has 33 heavy (non-hydrogen) atoms. The largest absolute Gasteiger partial charge is 0.497 e. The van der Waals surface area contributed by atoms with Crippen LogP contribution in [0.2, 0.25) is 5.02 Å². The van der Waals surface area contributed by atoms with E-state index in [4.69, 9.17) is 21.1 Å². The van der Waals surface area contributed by atoms with Crippen LogP contribution in [0.25, 0.3) is 0 Å². The van der Waals surface area contributed by atoms with Crippen molar-refractivity contribution in [1.82, 2.24) is 10.2 Å². The fourth-order valence-electron chi connectivity index (χ4n) is 3.55. The Bertz CT molecular complexity index is 940. The lowest BCUT2D eigenvalue weighted by molar-refractivity contribution is -0.143. The molecule has 1 N–H and O–H groups in total. The molecule has 0 heterocycles. The average molecular weight is 475 g/mol. The van der Waals surface area contributed by atoms with Crippen LogP contribution in [-0.2, 0) is 16.1 Å². The summed E-state index contributed by atoms with van der Waals surface area (Å²) in [4.78, 5) is 27.9. The van der Waals surface area contributed by atoms with E-state index in [0.29, 0.717) is 22.9 Å². The molecule has 2 amide bonds. The van der Waals surface area contributed by atoms with Gasteiger partial charge in [-0.25, -0.2) is 0 Å². The van der Waals surface area contributed by atoms with Crippen molar-refractivity contribution in [3.05, 3.63) is 58.1 Å². The van der Waals surface area contributed by atoms with E-state index in [1.54, 1.807) is 12.0 Å². The van der Waals surface area contributed by atoms with Gasteiger partial charge < -0.3 is 19.7 Å². The van der Waals surface area contributed by atoms with Gasteiger partial charge in [-0.3, -0.25) is 9.59 Å². The van der Waals surface area contributed by atoms with Gasteiger partial charge in [0.05, 0.1) is 7.11 Å². The highest BCUT2D eigenvalue weighted by Gasteiger charge is 2.29. The predicted molar refractivity (Wildman–Crippen MR) is 132 cm³/mol. The smallest absolute Gasteiger partial charge is 0.261 e. The van der Waals surface area contributed by atoms with Crippen LogP contribution < -0.4 is 14.8 Å². The Balaban J connectivity index is 2.27. The number of hydrogen-bond donors (Lipinski definition) is 1. The summed E-state index contributed by atoms with van der Waals surface area (Å²) >= 11 is 6.24. The number of hydrogen-bond acceptors (Lipinski definition) is 4. The van der Waals surface area contributed by atoms with E-state index in [1.807, 2.05) is 71.0 Å². The van der Waals surface area contributed by atoms with Crippen LogP contribution in [0.1, 0.15) is 50.3 Å². The van der Waals surface area contributed by atoms with Gasteiger partial charge in [-0.15, -0.1) is 0 Å². The van der Waals surface area contributed by atoms with Crippen molar-refractivity contribution in [2.75, 3.05) is 13.7 Å². The topological polar surface area (TPSA) is 67.9 Å². The second-order valence-corrected chi connectivity index (χ2v) is 8.65. The molecule has 7 heteroatoms. The number of halogens is 1. The molecule has 0 unspecified atom stereocenters. The molecule has 180 valence electrons. The summed E-state index contributed by atoms with van der Waals surface area (Å²) in [6.07, 6.45) is 1.29. The van der Waals surface area contributed by atoms with E-state index in [0.717, 1.165) is 23.1 Å². The van der Waals surface area contributed by atoms with Crippen LogP contribution in [0.4, 0.5) is 0 Å². The zero-order valence-electron chi connectivity index (χ0n) is 20.4. The summed E-state index contributed by atoms with van der Waals surface area (Å²) in [5.74, 6) is 0.831. The van der Waals surface area contributed by atoms with E-state index >= 15 is 0 Å². The van der Waals surface area contributed by atoms with Gasteiger partial charge in [-0.05, 0) is 74.6 Å². The van der Waals surface area contributed by atoms with Crippen molar-refractivity contribution in [3.8, 4) is 11.5 Å². The zero-order valence-corrected chi connectivity index (χ0v) is 21.2. The number of aryl methyl sites for hydroxylation is 2. The van der Waals surface area contributed by atoms with Gasteiger partial charge in [0.15, 0.2) is 6.61 Å². The van der Waals surface area contributed by atoms with E-state index in [1.165, 1.54) is 0 Å². The molecule has 2 aromatic rings. The fraction of sp³-hybridized carbons (Fsp3) is 0.462. The number of carbonyl (C=O) groups excluding carboxylic acids is 2. The van der Waals surface area contributed by atoms with E-state index < -0.39 is 6.04 Å². The maximum atomic E-state index is 13.3. The minimum absolute atomic E-state index is 0.0246. The predicted octanol–water partition coefficient (Wildman–Crippen LogP) is 5.07. The molecule has 2 aromatic carbocycles. The molecule has 0 spiro atoms. The highest BCUT2D eigenvalue weighted by molar-refractivity contribution is 6.32. The first-order chi connectivity index (χ1) is 15.7. The molecular formula is C26H35ClN2O4. The minimum atomic E-state index is -0.616. The number of nitrogens with zero attached hydrogens (tertiary/aromatic N) is 1. The molecule has 0 aliphatic heterocycles. The van der Waals surface area contributed by atoms with Gasteiger partial charge in [-0.1, -0.05) is 37.6 Å². The van der Waals surface area contributed by atoms with Gasteiger partial charge in [0.25, 0.3) is 5.91 Å². The number of benzene rings is 2. The first-order valence-electron chi connectivity index (χ1n) is 11.3. The summed E-state index contributed by atoms with van der Waals surface area (Å²) < 4.78 is 11.1. The Kier molecular flexibility index (Phi) is 10.0. The summed E-state index contributed by atoms with van der Waals surface area (Å²) in [5, 5.41) is 3.69. The molecule has 0 bridgehead atoms. The average Bonchev–Trinajstić information content (AvgIpc) is 2.80. The van der Waals surface area contributed by atoms with Crippen LogP contribution in [0.5, 0.6) is 11.5 Å². The van der Waals surface area contributed by atoms with E-state index in [2.05, 4.69) is 5.32 Å². The second kappa shape index (κ2) is 12.5. The molecule has 0 fully saturated rings. The van der Waals surface area contributed by atoms with Crippen molar-refractivity contribution >= 4 is 23.4 Å². The highest BCUT2D eigenvalue weighted by atomic mass is 35.5. The fourth-order valence-corrected chi connectivity index (χ4v) is 3.65. The Morgan fingerprint density at radius 3 is 2.30 bits per heavy atom. The highest BCUT2D eigenvalue weighted by Crippen LogP contribution is 2.26.